The number of hydrogen-bond donors (Lipinski definition) is 2. The van der Waals surface area contributed by atoms with Gasteiger partial charge < -0.3 is 10.3 Å². The molecule has 0 spiro atoms. The second-order valence-electron chi connectivity index (χ2n) is 6.62. The van der Waals surface area contributed by atoms with Gasteiger partial charge in [0.05, 0.1) is 12.1 Å². The lowest BCUT2D eigenvalue weighted by molar-refractivity contribution is -0.115. The molecule has 4 rings (SSSR count). The van der Waals surface area contributed by atoms with Crippen molar-refractivity contribution >= 4 is 22.6 Å². The van der Waals surface area contributed by atoms with Gasteiger partial charge in [-0.15, -0.1) is 0 Å². The van der Waals surface area contributed by atoms with E-state index in [0.29, 0.717) is 11.5 Å². The SMILES string of the molecule is CCc1cccc2c(CC(=O)Nc3ccn(-c4cccc(F)c4C#N)n3)c[nH]c12. The average molecular weight is 387 g/mol. The van der Waals surface area contributed by atoms with E-state index in [9.17, 15) is 14.4 Å². The van der Waals surface area contributed by atoms with E-state index in [0.717, 1.165) is 22.9 Å². The number of aromatic nitrogens is 3. The highest BCUT2D eigenvalue weighted by Gasteiger charge is 2.14. The number of hydrogen-bond acceptors (Lipinski definition) is 3. The zero-order valence-electron chi connectivity index (χ0n) is 15.7. The fourth-order valence-corrected chi connectivity index (χ4v) is 3.42. The molecule has 0 saturated carbocycles. The van der Waals surface area contributed by atoms with E-state index in [2.05, 4.69) is 28.4 Å². The first kappa shape index (κ1) is 18.4. The van der Waals surface area contributed by atoms with Crippen LogP contribution >= 0.6 is 0 Å². The monoisotopic (exact) mass is 387 g/mol. The van der Waals surface area contributed by atoms with Gasteiger partial charge in [0.1, 0.15) is 17.4 Å². The number of anilines is 1. The molecule has 0 aliphatic carbocycles. The number of nitriles is 1. The number of carbonyl (C=O) groups is 1. The summed E-state index contributed by atoms with van der Waals surface area (Å²) in [6, 6.07) is 13.8. The summed E-state index contributed by atoms with van der Waals surface area (Å²) in [4.78, 5) is 15.8. The largest absolute Gasteiger partial charge is 0.361 e. The quantitative estimate of drug-likeness (QED) is 0.540. The third-order valence-corrected chi connectivity index (χ3v) is 4.83. The number of aromatic amines is 1. The molecule has 2 N–H and O–H groups in total. The molecule has 2 heterocycles. The van der Waals surface area contributed by atoms with Crippen molar-refractivity contribution in [2.24, 2.45) is 0 Å². The van der Waals surface area contributed by atoms with Crippen molar-refractivity contribution in [3.63, 3.8) is 0 Å². The van der Waals surface area contributed by atoms with Gasteiger partial charge in [-0.1, -0.05) is 31.2 Å². The molecule has 0 aliphatic heterocycles. The highest BCUT2D eigenvalue weighted by molar-refractivity contribution is 5.95. The average Bonchev–Trinajstić information content (AvgIpc) is 3.35. The summed E-state index contributed by atoms with van der Waals surface area (Å²) in [7, 11) is 0. The van der Waals surface area contributed by atoms with Gasteiger partial charge in [-0.05, 0) is 29.7 Å². The van der Waals surface area contributed by atoms with Gasteiger partial charge in [-0.3, -0.25) is 4.79 Å². The third-order valence-electron chi connectivity index (χ3n) is 4.83. The van der Waals surface area contributed by atoms with Crippen molar-refractivity contribution in [1.29, 1.82) is 5.26 Å². The molecule has 2 aromatic carbocycles. The molecule has 29 heavy (non-hydrogen) atoms. The number of rotatable bonds is 5. The van der Waals surface area contributed by atoms with Gasteiger partial charge in [-0.25, -0.2) is 9.07 Å². The minimum Gasteiger partial charge on any atom is -0.361 e. The summed E-state index contributed by atoms with van der Waals surface area (Å²) in [6.07, 6.45) is 4.54. The van der Waals surface area contributed by atoms with Gasteiger partial charge in [0.25, 0.3) is 0 Å². The number of amides is 1. The highest BCUT2D eigenvalue weighted by Crippen LogP contribution is 2.23. The third kappa shape index (κ3) is 3.48. The molecule has 0 atom stereocenters. The van der Waals surface area contributed by atoms with Crippen LogP contribution in [0, 0.1) is 17.1 Å². The summed E-state index contributed by atoms with van der Waals surface area (Å²) < 4.78 is 15.2. The molecule has 0 radical (unpaired) electrons. The molecule has 6 nitrogen and oxygen atoms in total. The van der Waals surface area contributed by atoms with E-state index >= 15 is 0 Å². The van der Waals surface area contributed by atoms with Crippen LogP contribution in [0.3, 0.4) is 0 Å². The first-order valence-corrected chi connectivity index (χ1v) is 9.23. The number of carbonyl (C=O) groups excluding carboxylic acids is 1. The lowest BCUT2D eigenvalue weighted by Gasteiger charge is -2.05. The Hall–Kier alpha value is -3.92. The van der Waals surface area contributed by atoms with Gasteiger partial charge in [0.15, 0.2) is 5.82 Å². The van der Waals surface area contributed by atoms with Crippen LogP contribution in [0.4, 0.5) is 10.2 Å². The Labute approximate surface area is 166 Å². The van der Waals surface area contributed by atoms with E-state index in [4.69, 9.17) is 0 Å². The summed E-state index contributed by atoms with van der Waals surface area (Å²) in [5.41, 5.74) is 3.38. The normalized spacial score (nSPS) is 10.8. The van der Waals surface area contributed by atoms with E-state index in [1.807, 2.05) is 24.4 Å². The molecule has 0 unspecified atom stereocenters. The minimum absolute atomic E-state index is 0.0982. The van der Waals surface area contributed by atoms with Crippen LogP contribution in [-0.2, 0) is 17.6 Å². The van der Waals surface area contributed by atoms with Crippen molar-refractivity contribution in [3.8, 4) is 11.8 Å². The number of halogens is 1. The Morgan fingerprint density at radius 3 is 2.86 bits per heavy atom. The molecule has 144 valence electrons. The first-order chi connectivity index (χ1) is 14.1. The Kier molecular flexibility index (Phi) is 4.83. The fraction of sp³-hybridized carbons (Fsp3) is 0.136. The zero-order valence-corrected chi connectivity index (χ0v) is 15.7. The first-order valence-electron chi connectivity index (χ1n) is 9.23. The maximum Gasteiger partial charge on any atom is 0.230 e. The second kappa shape index (κ2) is 7.60. The molecular weight excluding hydrogens is 369 g/mol. The summed E-state index contributed by atoms with van der Waals surface area (Å²) in [5, 5.41) is 17.2. The summed E-state index contributed by atoms with van der Waals surface area (Å²) in [5.74, 6) is -0.494. The predicted molar refractivity (Wildman–Crippen MR) is 108 cm³/mol. The minimum atomic E-state index is -0.614. The van der Waals surface area contributed by atoms with E-state index in [-0.39, 0.29) is 17.9 Å². The molecular formula is C22H18FN5O. The predicted octanol–water partition coefficient (Wildman–Crippen LogP) is 4.11. The molecule has 4 aromatic rings. The second-order valence-corrected chi connectivity index (χ2v) is 6.62. The number of H-pyrrole nitrogens is 1. The van der Waals surface area contributed by atoms with Crippen LogP contribution in [0.5, 0.6) is 0 Å². The zero-order chi connectivity index (χ0) is 20.4. The van der Waals surface area contributed by atoms with Crippen LogP contribution in [-0.4, -0.2) is 20.7 Å². The van der Waals surface area contributed by atoms with Crippen LogP contribution in [0.1, 0.15) is 23.6 Å². The highest BCUT2D eigenvalue weighted by atomic mass is 19.1. The lowest BCUT2D eigenvalue weighted by Crippen LogP contribution is -2.15. The summed E-state index contributed by atoms with van der Waals surface area (Å²) >= 11 is 0. The Morgan fingerprint density at radius 2 is 2.07 bits per heavy atom. The maximum absolute atomic E-state index is 13.8. The van der Waals surface area contributed by atoms with Crippen molar-refractivity contribution in [2.45, 2.75) is 19.8 Å². The van der Waals surface area contributed by atoms with Crippen LogP contribution in [0.15, 0.2) is 54.9 Å². The van der Waals surface area contributed by atoms with Crippen molar-refractivity contribution in [3.05, 3.63) is 77.4 Å². The maximum atomic E-state index is 13.8. The molecule has 7 heteroatoms. The van der Waals surface area contributed by atoms with Crippen molar-refractivity contribution in [1.82, 2.24) is 14.8 Å². The van der Waals surface area contributed by atoms with Gasteiger partial charge in [-0.2, -0.15) is 10.4 Å². The number of nitrogens with zero attached hydrogens (tertiary/aromatic N) is 3. The molecule has 0 bridgehead atoms. The van der Waals surface area contributed by atoms with Crippen LogP contribution in [0.25, 0.3) is 16.6 Å². The Morgan fingerprint density at radius 1 is 1.24 bits per heavy atom. The van der Waals surface area contributed by atoms with Crippen LogP contribution < -0.4 is 5.32 Å². The van der Waals surface area contributed by atoms with E-state index < -0.39 is 5.82 Å². The van der Waals surface area contributed by atoms with Crippen molar-refractivity contribution in [2.75, 3.05) is 5.32 Å². The van der Waals surface area contributed by atoms with E-state index in [1.54, 1.807) is 18.3 Å². The lowest BCUT2D eigenvalue weighted by atomic mass is 10.1. The Bertz CT molecular complexity index is 1250. The van der Waals surface area contributed by atoms with Crippen LogP contribution in [0.2, 0.25) is 0 Å². The van der Waals surface area contributed by atoms with E-state index in [1.165, 1.54) is 22.4 Å². The molecule has 0 aliphatic rings. The van der Waals surface area contributed by atoms with Gasteiger partial charge in [0.2, 0.25) is 5.91 Å². The number of aryl methyl sites for hydroxylation is 1. The molecule has 2 aromatic heterocycles. The van der Waals surface area contributed by atoms with Gasteiger partial charge in [0, 0.05) is 29.4 Å². The number of benzene rings is 2. The van der Waals surface area contributed by atoms with Crippen molar-refractivity contribution < 1.29 is 9.18 Å². The molecule has 1 amide bonds. The molecule has 0 saturated heterocycles. The number of fused-ring (bicyclic) bond motifs is 1. The topological polar surface area (TPSA) is 86.5 Å². The smallest absolute Gasteiger partial charge is 0.230 e. The standard InChI is InChI=1S/C22H18FN5O/c1-2-14-5-3-6-16-15(13-25-22(14)16)11-21(29)26-20-9-10-28(27-20)19-8-4-7-18(23)17(19)12-24/h3-10,13,25H,2,11H2,1H3,(H,26,27,29). The summed E-state index contributed by atoms with van der Waals surface area (Å²) in [6.45, 7) is 2.09. The molecule has 0 fully saturated rings. The van der Waals surface area contributed by atoms with Gasteiger partial charge >= 0.3 is 0 Å². The Balaban J connectivity index is 1.52. The fourth-order valence-electron chi connectivity index (χ4n) is 3.42. The number of para-hydroxylation sites is 1. The number of nitrogens with one attached hydrogen (secondary N) is 2.